The van der Waals surface area contributed by atoms with Crippen LogP contribution in [0.5, 0.6) is 0 Å². The van der Waals surface area contributed by atoms with Crippen LogP contribution in [0, 0.1) is 11.3 Å². The van der Waals surface area contributed by atoms with Crippen molar-refractivity contribution in [3.8, 4) is 0 Å². The Morgan fingerprint density at radius 3 is 2.10 bits per heavy atom. The van der Waals surface area contributed by atoms with Crippen LogP contribution >= 0.6 is 12.2 Å². The highest BCUT2D eigenvalue weighted by molar-refractivity contribution is 7.80. The van der Waals surface area contributed by atoms with E-state index in [-0.39, 0.29) is 11.9 Å². The minimum atomic E-state index is -0.605. The Morgan fingerprint density at radius 1 is 1.20 bits per heavy atom. The topological polar surface area (TPSA) is 55.1 Å². The molecule has 1 atom stereocenters. The fraction of sp³-hybridized carbons (Fsp3) is 0.875. The van der Waals surface area contributed by atoms with Gasteiger partial charge in [-0.1, -0.05) is 64.6 Å². The van der Waals surface area contributed by atoms with Crippen molar-refractivity contribution in [3.05, 3.63) is 0 Å². The molecule has 1 amide bonds. The van der Waals surface area contributed by atoms with E-state index in [1.807, 2.05) is 0 Å². The number of nitrogens with one attached hydrogen (secondary N) is 1. The van der Waals surface area contributed by atoms with Crippen LogP contribution in [0.15, 0.2) is 0 Å². The Hall–Kier alpha value is -0.640. The minimum absolute atomic E-state index is 0.0614. The van der Waals surface area contributed by atoms with Crippen LogP contribution < -0.4 is 11.1 Å². The standard InChI is InChI=1S/C16H30N2OS/c1-4-13(5-2)12(3)18-15(19)16(14(17)20)10-8-6-7-9-11-16/h12-13H,4-11H2,1-3H3,(H2,17,20)(H,18,19). The zero-order chi connectivity index (χ0) is 15.2. The first kappa shape index (κ1) is 17.4. The number of amides is 1. The Bertz CT molecular complexity index is 331. The van der Waals surface area contributed by atoms with Gasteiger partial charge in [0, 0.05) is 6.04 Å². The quantitative estimate of drug-likeness (QED) is 0.582. The lowest BCUT2D eigenvalue weighted by molar-refractivity contribution is -0.129. The summed E-state index contributed by atoms with van der Waals surface area (Å²) < 4.78 is 0. The molecule has 1 aliphatic rings. The van der Waals surface area contributed by atoms with Crippen molar-refractivity contribution in [2.45, 2.75) is 78.2 Å². The summed E-state index contributed by atoms with van der Waals surface area (Å²) in [6, 6.07) is 0.187. The molecule has 3 N–H and O–H groups in total. The highest BCUT2D eigenvalue weighted by Crippen LogP contribution is 2.36. The lowest BCUT2D eigenvalue weighted by Gasteiger charge is -2.33. The largest absolute Gasteiger partial charge is 0.392 e. The Balaban J connectivity index is 2.81. The van der Waals surface area contributed by atoms with Gasteiger partial charge in [0.1, 0.15) is 0 Å². The van der Waals surface area contributed by atoms with E-state index in [4.69, 9.17) is 18.0 Å². The fourth-order valence-electron chi connectivity index (χ4n) is 3.38. The highest BCUT2D eigenvalue weighted by Gasteiger charge is 2.42. The summed E-state index contributed by atoms with van der Waals surface area (Å²) in [7, 11) is 0. The van der Waals surface area contributed by atoms with Gasteiger partial charge in [0.05, 0.1) is 10.4 Å². The third-order valence-electron chi connectivity index (χ3n) is 4.98. The number of hydrogen-bond acceptors (Lipinski definition) is 2. The molecule has 0 heterocycles. The second-order valence-electron chi connectivity index (χ2n) is 6.20. The molecule has 1 aliphatic carbocycles. The minimum Gasteiger partial charge on any atom is -0.392 e. The zero-order valence-corrected chi connectivity index (χ0v) is 14.0. The van der Waals surface area contributed by atoms with Gasteiger partial charge >= 0.3 is 0 Å². The summed E-state index contributed by atoms with van der Waals surface area (Å²) >= 11 is 5.26. The lowest BCUT2D eigenvalue weighted by atomic mass is 9.78. The molecule has 0 radical (unpaired) electrons. The lowest BCUT2D eigenvalue weighted by Crippen LogP contribution is -2.52. The second kappa shape index (κ2) is 7.96. The van der Waals surface area contributed by atoms with Gasteiger partial charge in [-0.2, -0.15) is 0 Å². The predicted octanol–water partition coefficient (Wildman–Crippen LogP) is 3.55. The van der Waals surface area contributed by atoms with E-state index >= 15 is 0 Å². The summed E-state index contributed by atoms with van der Waals surface area (Å²) in [5, 5.41) is 3.20. The Labute approximate surface area is 129 Å². The van der Waals surface area contributed by atoms with Crippen LogP contribution in [0.4, 0.5) is 0 Å². The van der Waals surface area contributed by atoms with Crippen LogP contribution in [0.25, 0.3) is 0 Å². The van der Waals surface area contributed by atoms with Crippen LogP contribution in [0.2, 0.25) is 0 Å². The molecule has 0 aromatic rings. The molecule has 0 aliphatic heterocycles. The van der Waals surface area contributed by atoms with Crippen molar-refractivity contribution in [1.82, 2.24) is 5.32 Å². The maximum absolute atomic E-state index is 12.8. The molecule has 0 bridgehead atoms. The molecule has 4 heteroatoms. The van der Waals surface area contributed by atoms with Gasteiger partial charge < -0.3 is 11.1 Å². The Kier molecular flexibility index (Phi) is 6.93. The molecule has 1 unspecified atom stereocenters. The molecule has 0 spiro atoms. The molecule has 0 aromatic heterocycles. The highest BCUT2D eigenvalue weighted by atomic mass is 32.1. The molecule has 1 fully saturated rings. The maximum atomic E-state index is 12.8. The van der Waals surface area contributed by atoms with Gasteiger partial charge in [0.2, 0.25) is 5.91 Å². The summed E-state index contributed by atoms with van der Waals surface area (Å²) in [6.45, 7) is 6.44. The van der Waals surface area contributed by atoms with Crippen molar-refractivity contribution in [2.24, 2.45) is 17.1 Å². The van der Waals surface area contributed by atoms with Crippen molar-refractivity contribution >= 4 is 23.1 Å². The van der Waals surface area contributed by atoms with E-state index in [1.54, 1.807) is 0 Å². The molecule has 20 heavy (non-hydrogen) atoms. The first-order valence-corrected chi connectivity index (χ1v) is 8.49. The van der Waals surface area contributed by atoms with E-state index in [0.717, 1.165) is 38.5 Å². The van der Waals surface area contributed by atoms with Gasteiger partial charge in [-0.25, -0.2) is 0 Å². The maximum Gasteiger partial charge on any atom is 0.233 e. The molecule has 116 valence electrons. The summed E-state index contributed by atoms with van der Waals surface area (Å²) in [5.41, 5.74) is 5.35. The van der Waals surface area contributed by atoms with Gasteiger partial charge in [-0.3, -0.25) is 4.79 Å². The van der Waals surface area contributed by atoms with Crippen LogP contribution in [0.1, 0.15) is 72.1 Å². The van der Waals surface area contributed by atoms with E-state index < -0.39 is 5.41 Å². The predicted molar refractivity (Wildman–Crippen MR) is 88.6 cm³/mol. The SMILES string of the molecule is CCC(CC)C(C)NC(=O)C1(C(N)=S)CCCCCC1. The van der Waals surface area contributed by atoms with E-state index in [0.29, 0.717) is 10.9 Å². The summed E-state index contributed by atoms with van der Waals surface area (Å²) in [6.07, 6.45) is 8.23. The first-order valence-electron chi connectivity index (χ1n) is 8.08. The van der Waals surface area contributed by atoms with Crippen molar-refractivity contribution in [3.63, 3.8) is 0 Å². The average molecular weight is 298 g/mol. The summed E-state index contributed by atoms with van der Waals surface area (Å²) in [5.74, 6) is 0.583. The second-order valence-corrected chi connectivity index (χ2v) is 6.64. The van der Waals surface area contributed by atoms with Gasteiger partial charge in [-0.15, -0.1) is 0 Å². The first-order chi connectivity index (χ1) is 9.47. The van der Waals surface area contributed by atoms with Gasteiger partial charge in [0.15, 0.2) is 0 Å². The van der Waals surface area contributed by atoms with Crippen LogP contribution in [0.3, 0.4) is 0 Å². The Morgan fingerprint density at radius 2 is 1.70 bits per heavy atom. The third kappa shape index (κ3) is 3.94. The van der Waals surface area contributed by atoms with Gasteiger partial charge in [0.25, 0.3) is 0 Å². The molecular formula is C16H30N2OS. The molecule has 1 saturated carbocycles. The molecule has 3 nitrogen and oxygen atoms in total. The number of carbonyl (C=O) groups excluding carboxylic acids is 1. The average Bonchev–Trinajstić information content (AvgIpc) is 2.66. The van der Waals surface area contributed by atoms with E-state index in [1.165, 1.54) is 12.8 Å². The number of carbonyl (C=O) groups is 1. The molecular weight excluding hydrogens is 268 g/mol. The monoisotopic (exact) mass is 298 g/mol. The summed E-state index contributed by atoms with van der Waals surface area (Å²) in [4.78, 5) is 13.2. The normalized spacial score (nSPS) is 20.2. The van der Waals surface area contributed by atoms with Crippen molar-refractivity contribution in [2.75, 3.05) is 0 Å². The van der Waals surface area contributed by atoms with Gasteiger partial charge in [-0.05, 0) is 25.7 Å². The number of thiocarbonyl (C=S) groups is 1. The number of hydrogen-bond donors (Lipinski definition) is 2. The fourth-order valence-corrected chi connectivity index (χ4v) is 3.67. The van der Waals surface area contributed by atoms with Crippen LogP contribution in [-0.2, 0) is 4.79 Å². The smallest absolute Gasteiger partial charge is 0.233 e. The van der Waals surface area contributed by atoms with E-state index in [9.17, 15) is 4.79 Å². The molecule has 0 saturated heterocycles. The van der Waals surface area contributed by atoms with Crippen molar-refractivity contribution < 1.29 is 4.79 Å². The van der Waals surface area contributed by atoms with E-state index in [2.05, 4.69) is 26.1 Å². The third-order valence-corrected chi connectivity index (χ3v) is 5.37. The molecule has 0 aromatic carbocycles. The van der Waals surface area contributed by atoms with Crippen molar-refractivity contribution in [1.29, 1.82) is 0 Å². The zero-order valence-electron chi connectivity index (χ0n) is 13.2. The van der Waals surface area contributed by atoms with Crippen LogP contribution in [-0.4, -0.2) is 16.9 Å². The number of rotatable bonds is 6. The number of nitrogens with two attached hydrogens (primary N) is 1. The molecule has 1 rings (SSSR count).